The molecule has 7 heteroatoms. The summed E-state index contributed by atoms with van der Waals surface area (Å²) in [5.41, 5.74) is 12.3. The summed E-state index contributed by atoms with van der Waals surface area (Å²) < 4.78 is 32.2. The molecule has 0 amide bonds. The van der Waals surface area contributed by atoms with E-state index in [0.717, 1.165) is 5.56 Å². The number of rotatable bonds is 8. The average Bonchev–Trinajstić information content (AvgIpc) is 2.38. The highest BCUT2D eigenvalue weighted by molar-refractivity contribution is 7.87. The van der Waals surface area contributed by atoms with Crippen molar-refractivity contribution in [3.8, 4) is 0 Å². The number of benzene rings is 1. The third-order valence-electron chi connectivity index (χ3n) is 3.28. The van der Waals surface area contributed by atoms with Gasteiger partial charge in [0.2, 0.25) is 0 Å². The highest BCUT2D eigenvalue weighted by Gasteiger charge is 2.38. The van der Waals surface area contributed by atoms with E-state index in [0.29, 0.717) is 12.8 Å². The first-order valence-electron chi connectivity index (χ1n) is 6.82. The van der Waals surface area contributed by atoms with Crippen LogP contribution in [0, 0.1) is 0 Å². The van der Waals surface area contributed by atoms with Gasteiger partial charge < -0.3 is 11.5 Å². The second-order valence-electron chi connectivity index (χ2n) is 5.09. The molecule has 0 aromatic heterocycles. The molecule has 2 unspecified atom stereocenters. The van der Waals surface area contributed by atoms with E-state index in [1.165, 1.54) is 0 Å². The summed E-state index contributed by atoms with van der Waals surface area (Å²) in [6.45, 7) is 1.81. The van der Waals surface area contributed by atoms with Crippen LogP contribution in [0.5, 0.6) is 0 Å². The Hall–Kier alpha value is -1.28. The molecule has 0 radical (unpaired) electrons. The zero-order valence-corrected chi connectivity index (χ0v) is 12.8. The molecule has 0 aliphatic heterocycles. The number of carbonyl (C=O) groups is 1. The fraction of sp³-hybridized carbons (Fsp3) is 0.500. The molecule has 0 heterocycles. The molecule has 1 aromatic carbocycles. The van der Waals surface area contributed by atoms with E-state index < -0.39 is 33.2 Å². The number of hydrogen-bond donors (Lipinski definition) is 3. The Labute approximate surface area is 125 Å². The molecule has 3 atom stereocenters. The fourth-order valence-electron chi connectivity index (χ4n) is 2.24. The molecule has 0 saturated carbocycles. The third-order valence-corrected chi connectivity index (χ3v) is 4.50. The first-order chi connectivity index (χ1) is 9.77. The van der Waals surface area contributed by atoms with E-state index >= 15 is 0 Å². The van der Waals surface area contributed by atoms with Crippen molar-refractivity contribution in [2.75, 3.05) is 0 Å². The van der Waals surface area contributed by atoms with Crippen molar-refractivity contribution in [2.24, 2.45) is 11.5 Å². The quantitative estimate of drug-likeness (QED) is 0.601. The van der Waals surface area contributed by atoms with Gasteiger partial charge in [-0.1, -0.05) is 43.7 Å². The van der Waals surface area contributed by atoms with Gasteiger partial charge in [0.15, 0.2) is 11.0 Å². The average molecular weight is 314 g/mol. The van der Waals surface area contributed by atoms with Gasteiger partial charge in [-0.25, -0.2) is 0 Å². The van der Waals surface area contributed by atoms with E-state index in [9.17, 15) is 17.8 Å². The highest BCUT2D eigenvalue weighted by Crippen LogP contribution is 2.13. The topological polar surface area (TPSA) is 123 Å². The molecule has 0 saturated heterocycles. The van der Waals surface area contributed by atoms with Crippen molar-refractivity contribution in [1.29, 1.82) is 0 Å². The third kappa shape index (κ3) is 5.20. The molecule has 0 aliphatic rings. The van der Waals surface area contributed by atoms with Crippen LogP contribution >= 0.6 is 0 Å². The Morgan fingerprint density at radius 2 is 1.81 bits per heavy atom. The van der Waals surface area contributed by atoms with Crippen molar-refractivity contribution in [2.45, 2.75) is 43.5 Å². The van der Waals surface area contributed by atoms with Crippen molar-refractivity contribution < 1.29 is 17.8 Å². The van der Waals surface area contributed by atoms with Gasteiger partial charge in [-0.15, -0.1) is 0 Å². The zero-order chi connectivity index (χ0) is 16.0. The Morgan fingerprint density at radius 1 is 1.24 bits per heavy atom. The summed E-state index contributed by atoms with van der Waals surface area (Å²) in [6, 6.07) is 7.03. The molecule has 0 fully saturated rings. The molecular weight excluding hydrogens is 292 g/mol. The Morgan fingerprint density at radius 3 is 2.29 bits per heavy atom. The van der Waals surface area contributed by atoms with Gasteiger partial charge in [0, 0.05) is 6.04 Å². The van der Waals surface area contributed by atoms with Crippen LogP contribution in [0.4, 0.5) is 0 Å². The summed E-state index contributed by atoms with van der Waals surface area (Å²) in [5, 5.41) is -1.67. The molecule has 0 spiro atoms. The largest absolute Gasteiger partial charge is 0.326 e. The van der Waals surface area contributed by atoms with Crippen molar-refractivity contribution in [3.05, 3.63) is 35.9 Å². The summed E-state index contributed by atoms with van der Waals surface area (Å²) in [4.78, 5) is 12.3. The molecule has 1 rings (SSSR count). The van der Waals surface area contributed by atoms with Crippen LogP contribution in [0.1, 0.15) is 25.3 Å². The van der Waals surface area contributed by atoms with E-state index in [1.54, 1.807) is 24.3 Å². The lowest BCUT2D eigenvalue weighted by molar-refractivity contribution is -0.120. The lowest BCUT2D eigenvalue weighted by Crippen LogP contribution is -2.52. The first kappa shape index (κ1) is 17.8. The Kier molecular flexibility index (Phi) is 6.47. The monoisotopic (exact) mass is 314 g/mol. The first-order valence-corrected chi connectivity index (χ1v) is 8.32. The van der Waals surface area contributed by atoms with Crippen molar-refractivity contribution >= 4 is 15.9 Å². The van der Waals surface area contributed by atoms with Gasteiger partial charge in [-0.05, 0) is 18.4 Å². The second kappa shape index (κ2) is 7.65. The number of carbonyl (C=O) groups excluding carboxylic acids is 1. The van der Waals surface area contributed by atoms with Crippen molar-refractivity contribution in [3.63, 3.8) is 0 Å². The van der Waals surface area contributed by atoms with Gasteiger partial charge >= 0.3 is 0 Å². The van der Waals surface area contributed by atoms with Gasteiger partial charge in [0.25, 0.3) is 10.1 Å². The van der Waals surface area contributed by atoms with Crippen LogP contribution in [0.2, 0.25) is 0 Å². The van der Waals surface area contributed by atoms with Gasteiger partial charge in [-0.2, -0.15) is 8.42 Å². The Balaban J connectivity index is 2.90. The number of nitrogens with two attached hydrogens (primary N) is 2. The van der Waals surface area contributed by atoms with Gasteiger partial charge in [0.05, 0.1) is 6.04 Å². The standard InChI is InChI=1S/C14H22N2O4S/c1-2-6-11(15)14(21(18,19)20)13(17)12(16)9-10-7-4-3-5-8-10/h3-5,7-8,11-12,14H,2,6,9,15-16H2,1H3,(H,18,19,20)/t11?,12-,14?/m0/s1. The predicted octanol–water partition coefficient (Wildman–Crippen LogP) is 0.509. The normalized spacial score (nSPS) is 16.2. The van der Waals surface area contributed by atoms with E-state index in [1.807, 2.05) is 13.0 Å². The van der Waals surface area contributed by atoms with Crippen molar-refractivity contribution in [1.82, 2.24) is 0 Å². The van der Waals surface area contributed by atoms with Gasteiger partial charge in [-0.3, -0.25) is 9.35 Å². The van der Waals surface area contributed by atoms with Crippen LogP contribution in [0.3, 0.4) is 0 Å². The minimum atomic E-state index is -4.58. The lowest BCUT2D eigenvalue weighted by Gasteiger charge is -2.22. The number of hydrogen-bond acceptors (Lipinski definition) is 5. The summed E-state index contributed by atoms with van der Waals surface area (Å²) >= 11 is 0. The van der Waals surface area contributed by atoms with E-state index in [-0.39, 0.29) is 6.42 Å². The SMILES string of the molecule is CCCC(N)C(C(=O)[C@@H](N)Cc1ccccc1)S(=O)(=O)O. The molecule has 0 bridgehead atoms. The molecule has 6 nitrogen and oxygen atoms in total. The summed E-state index contributed by atoms with van der Waals surface area (Å²) in [6.07, 6.45) is 1.12. The summed E-state index contributed by atoms with van der Waals surface area (Å²) in [7, 11) is -4.58. The molecular formula is C14H22N2O4S. The van der Waals surface area contributed by atoms with Crippen LogP contribution in [0.15, 0.2) is 30.3 Å². The fourth-order valence-corrected chi connectivity index (χ4v) is 3.29. The minimum Gasteiger partial charge on any atom is -0.326 e. The maximum Gasteiger partial charge on any atom is 0.276 e. The minimum absolute atomic E-state index is 0.199. The predicted molar refractivity (Wildman–Crippen MR) is 81.3 cm³/mol. The summed E-state index contributed by atoms with van der Waals surface area (Å²) in [5.74, 6) is -0.748. The lowest BCUT2D eigenvalue weighted by atomic mass is 9.97. The van der Waals surface area contributed by atoms with E-state index in [2.05, 4.69) is 0 Å². The van der Waals surface area contributed by atoms with Crippen LogP contribution in [-0.2, 0) is 21.3 Å². The van der Waals surface area contributed by atoms with Crippen LogP contribution in [-0.4, -0.2) is 36.1 Å². The highest BCUT2D eigenvalue weighted by atomic mass is 32.2. The van der Waals surface area contributed by atoms with Crippen LogP contribution in [0.25, 0.3) is 0 Å². The van der Waals surface area contributed by atoms with E-state index in [4.69, 9.17) is 11.5 Å². The second-order valence-corrected chi connectivity index (χ2v) is 6.62. The molecule has 0 aliphatic carbocycles. The van der Waals surface area contributed by atoms with Crippen LogP contribution < -0.4 is 11.5 Å². The number of ketones is 1. The Bertz CT molecular complexity index is 560. The van der Waals surface area contributed by atoms with Gasteiger partial charge in [0.1, 0.15) is 0 Å². The molecule has 1 aromatic rings. The number of Topliss-reactive ketones (excluding diaryl/α,β-unsaturated/α-hetero) is 1. The zero-order valence-electron chi connectivity index (χ0n) is 12.0. The maximum absolute atomic E-state index is 12.3. The smallest absolute Gasteiger partial charge is 0.276 e. The molecule has 5 N–H and O–H groups in total. The maximum atomic E-state index is 12.3. The molecule has 21 heavy (non-hydrogen) atoms. The molecule has 118 valence electrons.